The van der Waals surface area contributed by atoms with Crippen LogP contribution in [0.25, 0.3) is 0 Å². The van der Waals surface area contributed by atoms with Gasteiger partial charge in [-0.1, -0.05) is 12.1 Å². The van der Waals surface area contributed by atoms with Gasteiger partial charge in [-0.2, -0.15) is 0 Å². The Morgan fingerprint density at radius 2 is 2.00 bits per heavy atom. The molecule has 0 atom stereocenters. The number of benzene rings is 2. The second-order valence-electron chi connectivity index (χ2n) is 5.73. The van der Waals surface area contributed by atoms with E-state index in [1.165, 1.54) is 18.2 Å². The Hall–Kier alpha value is -2.83. The molecule has 0 aromatic heterocycles. The summed E-state index contributed by atoms with van der Waals surface area (Å²) in [4.78, 5) is 14.2. The molecule has 7 heteroatoms. The number of fused-ring (bicyclic) bond motifs is 2. The fraction of sp³-hybridized carbons (Fsp3) is 0.235. The highest BCUT2D eigenvalue weighted by molar-refractivity contribution is 6.03. The number of nitrogens with one attached hydrogen (secondary N) is 1. The summed E-state index contributed by atoms with van der Waals surface area (Å²) in [5.74, 6) is -0.157. The van der Waals surface area contributed by atoms with E-state index in [9.17, 15) is 13.6 Å². The monoisotopic (exact) mass is 332 g/mol. The largest absolute Gasteiger partial charge is 0.586 e. The Balaban J connectivity index is 1.54. The van der Waals surface area contributed by atoms with Gasteiger partial charge in [0.15, 0.2) is 11.5 Å². The van der Waals surface area contributed by atoms with Gasteiger partial charge < -0.3 is 14.8 Å². The molecule has 0 radical (unpaired) electrons. The predicted octanol–water partition coefficient (Wildman–Crippen LogP) is 3.91. The van der Waals surface area contributed by atoms with Gasteiger partial charge in [0.05, 0.1) is 0 Å². The first kappa shape index (κ1) is 14.7. The van der Waals surface area contributed by atoms with Gasteiger partial charge in [-0.3, -0.25) is 4.90 Å². The first-order chi connectivity index (χ1) is 11.4. The van der Waals surface area contributed by atoms with Crippen molar-refractivity contribution >= 4 is 17.4 Å². The van der Waals surface area contributed by atoms with Gasteiger partial charge in [-0.05, 0) is 42.7 Å². The Morgan fingerprint density at radius 1 is 1.21 bits per heavy atom. The number of rotatable bonds is 1. The first-order valence-electron chi connectivity index (χ1n) is 7.50. The molecule has 0 fully saturated rings. The number of alkyl halides is 2. The molecule has 2 aromatic carbocycles. The van der Waals surface area contributed by atoms with Crippen LogP contribution in [0, 0.1) is 6.92 Å². The van der Waals surface area contributed by atoms with Crippen molar-refractivity contribution < 1.29 is 23.0 Å². The van der Waals surface area contributed by atoms with E-state index in [0.29, 0.717) is 12.2 Å². The summed E-state index contributed by atoms with van der Waals surface area (Å²) in [6.07, 6.45) is -2.88. The number of halogens is 2. The molecular weight excluding hydrogens is 318 g/mol. The van der Waals surface area contributed by atoms with Crippen molar-refractivity contribution in [1.82, 2.24) is 0 Å². The van der Waals surface area contributed by atoms with Crippen LogP contribution in [0.2, 0.25) is 0 Å². The summed E-state index contributed by atoms with van der Waals surface area (Å²) in [6.45, 7) is 2.59. The SMILES string of the molecule is Cc1cccc2c1CCN2C(=O)Nc1ccc2c(c1)OC(F)(F)O2. The summed E-state index contributed by atoms with van der Waals surface area (Å²) in [5.41, 5.74) is 3.53. The van der Waals surface area contributed by atoms with Crippen LogP contribution >= 0.6 is 0 Å². The number of nitrogens with zero attached hydrogens (tertiary/aromatic N) is 1. The zero-order chi connectivity index (χ0) is 16.9. The van der Waals surface area contributed by atoms with Crippen molar-refractivity contribution in [3.05, 3.63) is 47.5 Å². The highest BCUT2D eigenvalue weighted by Crippen LogP contribution is 2.42. The zero-order valence-corrected chi connectivity index (χ0v) is 12.8. The lowest BCUT2D eigenvalue weighted by molar-refractivity contribution is -0.286. The molecule has 2 aliphatic rings. The Kier molecular flexibility index (Phi) is 3.13. The molecule has 24 heavy (non-hydrogen) atoms. The van der Waals surface area contributed by atoms with Crippen molar-refractivity contribution in [3.63, 3.8) is 0 Å². The predicted molar refractivity (Wildman–Crippen MR) is 83.9 cm³/mol. The molecule has 1 N–H and O–H groups in total. The lowest BCUT2D eigenvalue weighted by Gasteiger charge is -2.18. The van der Waals surface area contributed by atoms with Gasteiger partial charge in [0.2, 0.25) is 0 Å². The van der Waals surface area contributed by atoms with Crippen LogP contribution in [-0.4, -0.2) is 18.9 Å². The van der Waals surface area contributed by atoms with E-state index in [1.54, 1.807) is 4.90 Å². The molecule has 4 rings (SSSR count). The maximum absolute atomic E-state index is 13.0. The number of carbonyl (C=O) groups is 1. The standard InChI is InChI=1S/C17H14F2N2O3/c1-10-3-2-4-13-12(10)7-8-21(13)16(22)20-11-5-6-14-15(9-11)24-17(18,19)23-14/h2-6,9H,7-8H2,1H3,(H,20,22). The van der Waals surface area contributed by atoms with Crippen LogP contribution in [0.3, 0.4) is 0 Å². The first-order valence-corrected chi connectivity index (χ1v) is 7.50. The smallest absolute Gasteiger partial charge is 0.395 e. The van der Waals surface area contributed by atoms with E-state index in [1.807, 2.05) is 25.1 Å². The second kappa shape index (κ2) is 5.09. The Bertz CT molecular complexity index is 839. The molecule has 0 saturated carbocycles. The topological polar surface area (TPSA) is 50.8 Å². The maximum atomic E-state index is 13.0. The van der Waals surface area contributed by atoms with Crippen molar-refractivity contribution in [2.24, 2.45) is 0 Å². The highest BCUT2D eigenvalue weighted by Gasteiger charge is 2.43. The normalized spacial score (nSPS) is 16.9. The number of urea groups is 1. The van der Waals surface area contributed by atoms with Gasteiger partial charge in [0, 0.05) is 24.0 Å². The molecule has 124 valence electrons. The Morgan fingerprint density at radius 3 is 2.83 bits per heavy atom. The summed E-state index contributed by atoms with van der Waals surface area (Å²) >= 11 is 0. The van der Waals surface area contributed by atoms with E-state index in [-0.39, 0.29) is 17.5 Å². The number of amides is 2. The van der Waals surface area contributed by atoms with E-state index in [0.717, 1.165) is 23.2 Å². The fourth-order valence-electron chi connectivity index (χ4n) is 3.04. The molecule has 2 heterocycles. The van der Waals surface area contributed by atoms with Crippen LogP contribution in [0.1, 0.15) is 11.1 Å². The quantitative estimate of drug-likeness (QED) is 0.861. The number of carbonyl (C=O) groups excluding carboxylic acids is 1. The van der Waals surface area contributed by atoms with Gasteiger partial charge in [0.25, 0.3) is 0 Å². The van der Waals surface area contributed by atoms with Crippen LogP contribution in [-0.2, 0) is 6.42 Å². The minimum absolute atomic E-state index is 0.0554. The van der Waals surface area contributed by atoms with Crippen LogP contribution in [0.5, 0.6) is 11.5 Å². The molecule has 2 aliphatic heterocycles. The van der Waals surface area contributed by atoms with E-state index in [4.69, 9.17) is 0 Å². The second-order valence-corrected chi connectivity index (χ2v) is 5.73. The van der Waals surface area contributed by atoms with E-state index in [2.05, 4.69) is 14.8 Å². The molecule has 0 saturated heterocycles. The number of aryl methyl sites for hydroxylation is 1. The number of hydrogen-bond acceptors (Lipinski definition) is 3. The zero-order valence-electron chi connectivity index (χ0n) is 12.8. The molecule has 0 unspecified atom stereocenters. The van der Waals surface area contributed by atoms with E-state index >= 15 is 0 Å². The third-order valence-electron chi connectivity index (χ3n) is 4.16. The minimum atomic E-state index is -3.67. The lowest BCUT2D eigenvalue weighted by atomic mass is 10.1. The van der Waals surface area contributed by atoms with Crippen molar-refractivity contribution in [2.75, 3.05) is 16.8 Å². The highest BCUT2D eigenvalue weighted by atomic mass is 19.3. The van der Waals surface area contributed by atoms with Gasteiger partial charge in [-0.25, -0.2) is 4.79 Å². The van der Waals surface area contributed by atoms with Crippen molar-refractivity contribution in [2.45, 2.75) is 19.6 Å². The average Bonchev–Trinajstić information content (AvgIpc) is 3.07. The summed E-state index contributed by atoms with van der Waals surface area (Å²) in [7, 11) is 0. The van der Waals surface area contributed by atoms with Crippen molar-refractivity contribution in [3.8, 4) is 11.5 Å². The van der Waals surface area contributed by atoms with Crippen LogP contribution in [0.15, 0.2) is 36.4 Å². The number of anilines is 2. The summed E-state index contributed by atoms with van der Waals surface area (Å²) in [5, 5.41) is 2.71. The molecule has 0 aliphatic carbocycles. The molecule has 2 amide bonds. The minimum Gasteiger partial charge on any atom is -0.395 e. The van der Waals surface area contributed by atoms with Gasteiger partial charge in [0.1, 0.15) is 0 Å². The Labute approximate surface area is 136 Å². The summed E-state index contributed by atoms with van der Waals surface area (Å²) in [6, 6.07) is 9.66. The van der Waals surface area contributed by atoms with Crippen LogP contribution < -0.4 is 19.7 Å². The molecular formula is C17H14F2N2O3. The average molecular weight is 332 g/mol. The molecule has 5 nitrogen and oxygen atoms in total. The fourth-order valence-corrected chi connectivity index (χ4v) is 3.04. The molecule has 0 bridgehead atoms. The van der Waals surface area contributed by atoms with Crippen LogP contribution in [0.4, 0.5) is 25.0 Å². The number of hydrogen-bond donors (Lipinski definition) is 1. The molecule has 2 aromatic rings. The van der Waals surface area contributed by atoms with Gasteiger partial charge in [-0.15, -0.1) is 8.78 Å². The molecule has 0 spiro atoms. The van der Waals surface area contributed by atoms with Crippen molar-refractivity contribution in [1.29, 1.82) is 0 Å². The van der Waals surface area contributed by atoms with Gasteiger partial charge >= 0.3 is 12.3 Å². The van der Waals surface area contributed by atoms with E-state index < -0.39 is 6.29 Å². The lowest BCUT2D eigenvalue weighted by Crippen LogP contribution is -2.33. The number of ether oxygens (including phenoxy) is 2. The third kappa shape index (κ3) is 2.42. The third-order valence-corrected chi connectivity index (χ3v) is 4.16. The maximum Gasteiger partial charge on any atom is 0.586 e. The summed E-state index contributed by atoms with van der Waals surface area (Å²) < 4.78 is 34.8.